The van der Waals surface area contributed by atoms with E-state index in [4.69, 9.17) is 14.2 Å². The van der Waals surface area contributed by atoms with E-state index in [0.29, 0.717) is 4.90 Å². The summed E-state index contributed by atoms with van der Waals surface area (Å²) in [5.41, 5.74) is -0.0734. The molecule has 0 radical (unpaired) electrons. The monoisotopic (exact) mass is 501 g/mol. The highest BCUT2D eigenvalue weighted by atomic mass is 19.2. The number of carbonyl (C=O) groups is 1. The van der Waals surface area contributed by atoms with Gasteiger partial charge in [0.05, 0.1) is 24.8 Å². The topological polar surface area (TPSA) is 105 Å². The molecule has 2 aromatic carbocycles. The number of ether oxygens (including phenoxy) is 3. The molecule has 0 spiro atoms. The van der Waals surface area contributed by atoms with Crippen molar-refractivity contribution in [2.45, 2.75) is 19.6 Å². The Bertz CT molecular complexity index is 1270. The normalized spacial score (nSPS) is 11.4. The first-order valence-electron chi connectivity index (χ1n) is 10.7. The number of esters is 1. The molecule has 11 heteroatoms. The fraction of sp³-hybridized carbons (Fsp3) is 0.240. The number of likely N-dealkylation sites (N-methyl/N-ethyl adjacent to an activating group) is 1. The second kappa shape index (κ2) is 11.9. The van der Waals surface area contributed by atoms with Gasteiger partial charge in [-0.15, -0.1) is 0 Å². The molecule has 0 fully saturated rings. The van der Waals surface area contributed by atoms with Gasteiger partial charge in [0.25, 0.3) is 11.8 Å². The van der Waals surface area contributed by atoms with Crippen LogP contribution in [0.2, 0.25) is 0 Å². The number of rotatable bonds is 10. The first-order valence-corrected chi connectivity index (χ1v) is 10.7. The van der Waals surface area contributed by atoms with E-state index in [0.717, 1.165) is 12.6 Å². The standard InChI is InChI=1S/C25H22F3N3O5/c1-3-34-25(33)17(13-32)31(2)22-20(26)23(28)30-24(21(22)27)36-19-11-16(12-29)9-10-18(19)35-14-15-7-5-4-6-8-15/h4-11,17,32H,3,13-14H2,1-2H3. The van der Waals surface area contributed by atoms with Crippen LogP contribution >= 0.6 is 0 Å². The summed E-state index contributed by atoms with van der Waals surface area (Å²) in [5, 5.41) is 18.8. The molecule has 0 aliphatic carbocycles. The number of anilines is 1. The van der Waals surface area contributed by atoms with Crippen LogP contribution in [0, 0.1) is 28.9 Å². The lowest BCUT2D eigenvalue weighted by Gasteiger charge is -2.27. The lowest BCUT2D eigenvalue weighted by Crippen LogP contribution is -2.43. The second-order valence-electron chi connectivity index (χ2n) is 7.40. The third-order valence-electron chi connectivity index (χ3n) is 5.05. The van der Waals surface area contributed by atoms with Crippen LogP contribution in [-0.2, 0) is 16.1 Å². The lowest BCUT2D eigenvalue weighted by molar-refractivity contribution is -0.145. The van der Waals surface area contributed by atoms with Gasteiger partial charge in [-0.25, -0.2) is 4.79 Å². The smallest absolute Gasteiger partial charge is 0.331 e. The van der Waals surface area contributed by atoms with Crippen molar-refractivity contribution in [3.05, 3.63) is 77.2 Å². The molecular formula is C25H22F3N3O5. The summed E-state index contributed by atoms with van der Waals surface area (Å²) in [7, 11) is 1.08. The highest BCUT2D eigenvalue weighted by molar-refractivity contribution is 5.80. The first kappa shape index (κ1) is 26.3. The molecule has 1 atom stereocenters. The minimum Gasteiger partial charge on any atom is -0.485 e. The Balaban J connectivity index is 1.99. The quantitative estimate of drug-likeness (QED) is 0.327. The zero-order valence-electron chi connectivity index (χ0n) is 19.4. The highest BCUT2D eigenvalue weighted by Gasteiger charge is 2.32. The van der Waals surface area contributed by atoms with Gasteiger partial charge in [0.1, 0.15) is 12.3 Å². The van der Waals surface area contributed by atoms with Crippen molar-refractivity contribution in [2.75, 3.05) is 25.2 Å². The molecule has 3 aromatic rings. The van der Waals surface area contributed by atoms with Gasteiger partial charge in [0, 0.05) is 13.1 Å². The third-order valence-corrected chi connectivity index (χ3v) is 5.05. The van der Waals surface area contributed by atoms with Crippen LogP contribution in [0.1, 0.15) is 18.1 Å². The molecule has 0 saturated heterocycles. The van der Waals surface area contributed by atoms with Crippen molar-refractivity contribution in [3.8, 4) is 23.4 Å². The zero-order chi connectivity index (χ0) is 26.2. The van der Waals surface area contributed by atoms with Gasteiger partial charge in [0.2, 0.25) is 11.6 Å². The van der Waals surface area contributed by atoms with Crippen LogP contribution in [0.3, 0.4) is 0 Å². The molecule has 1 unspecified atom stereocenters. The summed E-state index contributed by atoms with van der Waals surface area (Å²) in [6.45, 7) is 0.699. The summed E-state index contributed by atoms with van der Waals surface area (Å²) in [6.07, 6.45) is 0. The summed E-state index contributed by atoms with van der Waals surface area (Å²) in [4.78, 5) is 16.0. The maximum atomic E-state index is 15.4. The van der Waals surface area contributed by atoms with E-state index in [-0.39, 0.29) is 30.3 Å². The van der Waals surface area contributed by atoms with E-state index in [1.165, 1.54) is 25.1 Å². The molecule has 0 amide bonds. The van der Waals surface area contributed by atoms with Crippen molar-refractivity contribution in [1.29, 1.82) is 5.26 Å². The molecule has 0 aliphatic rings. The Hall–Kier alpha value is -4.30. The highest BCUT2D eigenvalue weighted by Crippen LogP contribution is 2.37. The molecule has 0 aliphatic heterocycles. The van der Waals surface area contributed by atoms with Gasteiger partial charge < -0.3 is 24.2 Å². The number of hydrogen-bond acceptors (Lipinski definition) is 8. The van der Waals surface area contributed by atoms with Crippen molar-refractivity contribution < 1.29 is 37.3 Å². The summed E-state index contributed by atoms with van der Waals surface area (Å²) >= 11 is 0. The molecule has 1 N–H and O–H groups in total. The number of nitrogens with zero attached hydrogens (tertiary/aromatic N) is 3. The third kappa shape index (κ3) is 5.84. The molecule has 1 heterocycles. The minimum absolute atomic E-state index is 0.0474. The van der Waals surface area contributed by atoms with Crippen LogP contribution < -0.4 is 14.4 Å². The molecule has 36 heavy (non-hydrogen) atoms. The second-order valence-corrected chi connectivity index (χ2v) is 7.40. The average molecular weight is 501 g/mol. The molecular weight excluding hydrogens is 479 g/mol. The number of carbonyl (C=O) groups excluding carboxylic acids is 1. The Morgan fingerprint density at radius 1 is 1.14 bits per heavy atom. The Morgan fingerprint density at radius 3 is 2.50 bits per heavy atom. The molecule has 0 saturated carbocycles. The van der Waals surface area contributed by atoms with Gasteiger partial charge >= 0.3 is 5.97 Å². The van der Waals surface area contributed by atoms with Crippen LogP contribution in [0.15, 0.2) is 48.5 Å². The van der Waals surface area contributed by atoms with Gasteiger partial charge in [-0.3, -0.25) is 0 Å². The van der Waals surface area contributed by atoms with Gasteiger partial charge in [-0.1, -0.05) is 30.3 Å². The van der Waals surface area contributed by atoms with Crippen LogP contribution in [0.5, 0.6) is 17.4 Å². The predicted molar refractivity (Wildman–Crippen MR) is 122 cm³/mol. The Kier molecular flexibility index (Phi) is 8.70. The van der Waals surface area contributed by atoms with Crippen LogP contribution in [-0.4, -0.2) is 42.4 Å². The lowest BCUT2D eigenvalue weighted by atomic mass is 10.2. The number of halogens is 3. The average Bonchev–Trinajstić information content (AvgIpc) is 2.87. The first-order chi connectivity index (χ1) is 17.3. The Morgan fingerprint density at radius 2 is 1.86 bits per heavy atom. The number of nitriles is 1. The van der Waals surface area contributed by atoms with Crippen molar-refractivity contribution >= 4 is 11.7 Å². The maximum absolute atomic E-state index is 15.4. The largest absolute Gasteiger partial charge is 0.485 e. The van der Waals surface area contributed by atoms with E-state index >= 15 is 4.39 Å². The number of hydrogen-bond donors (Lipinski definition) is 1. The minimum atomic E-state index is -1.71. The summed E-state index contributed by atoms with van der Waals surface area (Å²) < 4.78 is 60.4. The predicted octanol–water partition coefficient (Wildman–Crippen LogP) is 4.10. The fourth-order valence-electron chi connectivity index (χ4n) is 3.23. The number of benzene rings is 2. The SMILES string of the molecule is CCOC(=O)C(CO)N(C)c1c(F)c(F)nc(Oc2cc(C#N)ccc2OCc2ccccc2)c1F. The van der Waals surface area contributed by atoms with Crippen molar-refractivity contribution in [3.63, 3.8) is 0 Å². The number of aliphatic hydroxyl groups excluding tert-OH is 1. The van der Waals surface area contributed by atoms with E-state index in [2.05, 4.69) is 4.98 Å². The van der Waals surface area contributed by atoms with E-state index in [1.54, 1.807) is 0 Å². The molecule has 188 valence electrons. The Labute approximate surface area is 205 Å². The molecule has 0 bridgehead atoms. The van der Waals surface area contributed by atoms with E-state index in [1.807, 2.05) is 36.4 Å². The van der Waals surface area contributed by atoms with E-state index in [9.17, 15) is 23.9 Å². The van der Waals surface area contributed by atoms with Gasteiger partial charge in [0.15, 0.2) is 17.5 Å². The van der Waals surface area contributed by atoms with Crippen molar-refractivity contribution in [1.82, 2.24) is 4.98 Å². The molecule has 3 rings (SSSR count). The summed E-state index contributed by atoms with van der Waals surface area (Å²) in [5.74, 6) is -6.90. The van der Waals surface area contributed by atoms with Crippen molar-refractivity contribution in [2.24, 2.45) is 0 Å². The fourth-order valence-corrected chi connectivity index (χ4v) is 3.23. The van der Waals surface area contributed by atoms with E-state index < -0.39 is 47.8 Å². The van der Waals surface area contributed by atoms with Gasteiger partial charge in [-0.05, 0) is 24.6 Å². The van der Waals surface area contributed by atoms with Crippen LogP contribution in [0.25, 0.3) is 0 Å². The molecule has 1 aromatic heterocycles. The number of aromatic nitrogens is 1. The van der Waals surface area contributed by atoms with Crippen LogP contribution in [0.4, 0.5) is 18.9 Å². The summed E-state index contributed by atoms with van der Waals surface area (Å²) in [6, 6.07) is 13.5. The number of pyridine rings is 1. The zero-order valence-corrected chi connectivity index (χ0v) is 19.4. The molecule has 8 nitrogen and oxygen atoms in total. The van der Waals surface area contributed by atoms with Gasteiger partial charge in [-0.2, -0.15) is 23.4 Å². The number of aliphatic hydroxyl groups is 1. The maximum Gasteiger partial charge on any atom is 0.331 e.